The van der Waals surface area contributed by atoms with Crippen molar-refractivity contribution < 1.29 is 19.4 Å². The van der Waals surface area contributed by atoms with E-state index < -0.39 is 11.5 Å². The zero-order chi connectivity index (χ0) is 17.5. The number of hydrogen-bond donors (Lipinski definition) is 2. The van der Waals surface area contributed by atoms with Gasteiger partial charge >= 0.3 is 5.97 Å². The molecule has 0 fully saturated rings. The van der Waals surface area contributed by atoms with Gasteiger partial charge in [-0.25, -0.2) is 4.79 Å². The highest BCUT2D eigenvalue weighted by atomic mass is 16.5. The highest BCUT2D eigenvalue weighted by Gasteiger charge is 2.34. The van der Waals surface area contributed by atoms with E-state index in [0.29, 0.717) is 12.3 Å². The summed E-state index contributed by atoms with van der Waals surface area (Å²) in [5, 5.41) is 11.7. The molecule has 0 saturated heterocycles. The molecule has 0 saturated carbocycles. The third-order valence-corrected chi connectivity index (χ3v) is 3.63. The van der Waals surface area contributed by atoms with Gasteiger partial charge in [-0.15, -0.1) is 0 Å². The van der Waals surface area contributed by atoms with Gasteiger partial charge in [0.15, 0.2) is 5.54 Å². The third-order valence-electron chi connectivity index (χ3n) is 3.63. The Kier molecular flexibility index (Phi) is 7.23. The quantitative estimate of drug-likeness (QED) is 0.732. The maximum absolute atomic E-state index is 12.0. The molecule has 2 N–H and O–H groups in total. The molecule has 1 unspecified atom stereocenters. The van der Waals surface area contributed by atoms with Crippen molar-refractivity contribution in [1.82, 2.24) is 5.32 Å². The second-order valence-corrected chi connectivity index (χ2v) is 6.53. The van der Waals surface area contributed by atoms with Crippen molar-refractivity contribution in [3.8, 4) is 0 Å². The molecule has 1 aromatic carbocycles. The van der Waals surface area contributed by atoms with Crippen molar-refractivity contribution in [2.75, 3.05) is 13.7 Å². The first-order valence-electron chi connectivity index (χ1n) is 7.88. The first-order chi connectivity index (χ1) is 10.8. The Labute approximate surface area is 138 Å². The Morgan fingerprint density at radius 1 is 1.22 bits per heavy atom. The van der Waals surface area contributed by atoms with Gasteiger partial charge in [0.2, 0.25) is 5.91 Å². The standard InChI is InChI=1S/C18H27NO4/c1-13(2)11-15-7-5-14(6-8-15)9-10-16(20)19-18(3,12-23-4)17(21)22/h5-8,13H,9-12H2,1-4H3,(H,19,20)(H,21,22). The van der Waals surface area contributed by atoms with Crippen molar-refractivity contribution in [2.24, 2.45) is 5.92 Å². The fourth-order valence-electron chi connectivity index (χ4n) is 2.38. The monoisotopic (exact) mass is 321 g/mol. The normalized spacial score (nSPS) is 13.6. The van der Waals surface area contributed by atoms with E-state index in [1.807, 2.05) is 12.1 Å². The third kappa shape index (κ3) is 6.40. The first-order valence-corrected chi connectivity index (χ1v) is 7.88. The van der Waals surface area contributed by atoms with E-state index in [-0.39, 0.29) is 18.9 Å². The Hall–Kier alpha value is -1.88. The number of amides is 1. The molecule has 1 rings (SSSR count). The number of nitrogens with one attached hydrogen (secondary N) is 1. The second kappa shape index (κ2) is 8.67. The summed E-state index contributed by atoms with van der Waals surface area (Å²) in [7, 11) is 1.41. The number of aliphatic carboxylic acids is 1. The molecule has 5 nitrogen and oxygen atoms in total. The van der Waals surface area contributed by atoms with Gasteiger partial charge in [-0.2, -0.15) is 0 Å². The summed E-state index contributed by atoms with van der Waals surface area (Å²) in [6.07, 6.45) is 1.86. The fraction of sp³-hybridized carbons (Fsp3) is 0.556. The smallest absolute Gasteiger partial charge is 0.331 e. The van der Waals surface area contributed by atoms with Crippen LogP contribution in [0, 0.1) is 5.92 Å². The fourth-order valence-corrected chi connectivity index (χ4v) is 2.38. The Morgan fingerprint density at radius 2 is 1.78 bits per heavy atom. The first kappa shape index (κ1) is 19.2. The van der Waals surface area contributed by atoms with Gasteiger partial charge < -0.3 is 15.2 Å². The van der Waals surface area contributed by atoms with Crippen molar-refractivity contribution in [2.45, 2.75) is 45.6 Å². The van der Waals surface area contributed by atoms with Crippen LogP contribution >= 0.6 is 0 Å². The Balaban J connectivity index is 2.54. The van der Waals surface area contributed by atoms with Crippen LogP contribution in [0.25, 0.3) is 0 Å². The highest BCUT2D eigenvalue weighted by molar-refractivity contribution is 5.86. The summed E-state index contributed by atoms with van der Waals surface area (Å²) >= 11 is 0. The minimum Gasteiger partial charge on any atom is -0.479 e. The molecular formula is C18H27NO4. The van der Waals surface area contributed by atoms with E-state index in [0.717, 1.165) is 12.0 Å². The molecule has 5 heteroatoms. The average Bonchev–Trinajstić information content (AvgIpc) is 2.46. The molecule has 0 aliphatic rings. The minimum absolute atomic E-state index is 0.0715. The largest absolute Gasteiger partial charge is 0.479 e. The van der Waals surface area contributed by atoms with Crippen LogP contribution in [0.15, 0.2) is 24.3 Å². The number of ether oxygens (including phenoxy) is 1. The summed E-state index contributed by atoms with van der Waals surface area (Å²) < 4.78 is 4.88. The summed E-state index contributed by atoms with van der Waals surface area (Å²) in [6.45, 7) is 5.73. The van der Waals surface area contributed by atoms with Crippen LogP contribution in [0.5, 0.6) is 0 Å². The average molecular weight is 321 g/mol. The van der Waals surface area contributed by atoms with E-state index in [1.54, 1.807) is 0 Å². The van der Waals surface area contributed by atoms with Crippen LogP contribution in [0.3, 0.4) is 0 Å². The molecule has 0 aromatic heterocycles. The van der Waals surface area contributed by atoms with Crippen LogP contribution in [-0.4, -0.2) is 36.2 Å². The van der Waals surface area contributed by atoms with Gasteiger partial charge in [0.25, 0.3) is 0 Å². The lowest BCUT2D eigenvalue weighted by atomic mass is 10.00. The lowest BCUT2D eigenvalue weighted by Crippen LogP contribution is -2.55. The predicted octanol–water partition coefficient (Wildman–Crippen LogP) is 2.42. The van der Waals surface area contributed by atoms with Gasteiger partial charge in [-0.05, 0) is 36.8 Å². The molecule has 1 atom stereocenters. The van der Waals surface area contributed by atoms with E-state index in [9.17, 15) is 14.7 Å². The lowest BCUT2D eigenvalue weighted by Gasteiger charge is -2.25. The van der Waals surface area contributed by atoms with Crippen molar-refractivity contribution in [3.05, 3.63) is 35.4 Å². The molecule has 1 aromatic rings. The Morgan fingerprint density at radius 3 is 2.26 bits per heavy atom. The molecule has 0 aliphatic heterocycles. The topological polar surface area (TPSA) is 75.6 Å². The number of hydrogen-bond acceptors (Lipinski definition) is 3. The van der Waals surface area contributed by atoms with Gasteiger partial charge in [0, 0.05) is 13.5 Å². The minimum atomic E-state index is -1.40. The second-order valence-electron chi connectivity index (χ2n) is 6.53. The van der Waals surface area contributed by atoms with Crippen molar-refractivity contribution >= 4 is 11.9 Å². The summed E-state index contributed by atoms with van der Waals surface area (Å²) in [5.41, 5.74) is 0.954. The summed E-state index contributed by atoms with van der Waals surface area (Å²) in [4.78, 5) is 23.2. The maximum atomic E-state index is 12.0. The van der Waals surface area contributed by atoms with E-state index >= 15 is 0 Å². The van der Waals surface area contributed by atoms with Crippen LogP contribution in [0.1, 0.15) is 38.3 Å². The van der Waals surface area contributed by atoms with Crippen molar-refractivity contribution in [3.63, 3.8) is 0 Å². The molecule has 23 heavy (non-hydrogen) atoms. The number of carbonyl (C=O) groups excluding carboxylic acids is 1. The van der Waals surface area contributed by atoms with Gasteiger partial charge in [0.05, 0.1) is 6.61 Å². The number of methoxy groups -OCH3 is 1. The van der Waals surface area contributed by atoms with Gasteiger partial charge in [-0.3, -0.25) is 4.79 Å². The Bertz CT molecular complexity index is 524. The number of carboxylic acid groups (broad SMARTS) is 1. The van der Waals surface area contributed by atoms with Crippen LogP contribution in [0.2, 0.25) is 0 Å². The van der Waals surface area contributed by atoms with Gasteiger partial charge in [-0.1, -0.05) is 38.1 Å². The molecule has 0 radical (unpaired) electrons. The molecule has 128 valence electrons. The summed E-state index contributed by atoms with van der Waals surface area (Å²) in [5.74, 6) is -0.787. The van der Waals surface area contributed by atoms with Crippen LogP contribution in [0.4, 0.5) is 0 Å². The number of benzene rings is 1. The van der Waals surface area contributed by atoms with E-state index in [4.69, 9.17) is 4.74 Å². The van der Waals surface area contributed by atoms with Crippen LogP contribution in [-0.2, 0) is 27.2 Å². The molecule has 0 heterocycles. The number of carbonyl (C=O) groups is 2. The molecule has 1 amide bonds. The maximum Gasteiger partial charge on any atom is 0.331 e. The van der Waals surface area contributed by atoms with E-state index in [1.165, 1.54) is 19.6 Å². The van der Waals surface area contributed by atoms with Gasteiger partial charge in [0.1, 0.15) is 0 Å². The molecule has 0 spiro atoms. The summed E-state index contributed by atoms with van der Waals surface area (Å²) in [6, 6.07) is 8.21. The number of aryl methyl sites for hydroxylation is 1. The number of carboxylic acids is 1. The zero-order valence-corrected chi connectivity index (χ0v) is 14.4. The molecule has 0 bridgehead atoms. The van der Waals surface area contributed by atoms with E-state index in [2.05, 4.69) is 31.3 Å². The predicted molar refractivity (Wildman–Crippen MR) is 89.4 cm³/mol. The SMILES string of the molecule is COCC(C)(NC(=O)CCc1ccc(CC(C)C)cc1)C(=O)O. The molecular weight excluding hydrogens is 294 g/mol. The zero-order valence-electron chi connectivity index (χ0n) is 14.4. The van der Waals surface area contributed by atoms with Crippen LogP contribution < -0.4 is 5.32 Å². The lowest BCUT2D eigenvalue weighted by molar-refractivity contribution is -0.149. The number of rotatable bonds is 9. The highest BCUT2D eigenvalue weighted by Crippen LogP contribution is 2.12. The van der Waals surface area contributed by atoms with Crippen molar-refractivity contribution in [1.29, 1.82) is 0 Å². The molecule has 0 aliphatic carbocycles.